The molecule has 0 radical (unpaired) electrons. The first-order chi connectivity index (χ1) is 18.1. The molecule has 11 heteroatoms. The third-order valence-corrected chi connectivity index (χ3v) is 6.94. The number of rotatable bonds is 8. The van der Waals surface area contributed by atoms with Gasteiger partial charge in [-0.15, -0.1) is 0 Å². The first-order valence-corrected chi connectivity index (χ1v) is 12.4. The summed E-state index contributed by atoms with van der Waals surface area (Å²) in [6.07, 6.45) is 5.28. The molecule has 0 saturated carbocycles. The highest BCUT2D eigenvalue weighted by molar-refractivity contribution is 5.99. The van der Waals surface area contributed by atoms with Crippen LogP contribution in [0.15, 0.2) is 36.8 Å². The maximum absolute atomic E-state index is 13.2. The third kappa shape index (κ3) is 5.74. The normalized spacial score (nSPS) is 16.1. The molecular formula is C27H30N8O3. The lowest BCUT2D eigenvalue weighted by Crippen LogP contribution is -2.39. The van der Waals surface area contributed by atoms with Crippen molar-refractivity contribution in [2.24, 2.45) is 5.92 Å². The molecule has 38 heavy (non-hydrogen) atoms. The Labute approximate surface area is 220 Å². The lowest BCUT2D eigenvalue weighted by atomic mass is 9.93. The highest BCUT2D eigenvalue weighted by Crippen LogP contribution is 2.25. The Hall–Kier alpha value is -4.48. The number of nitrogens with one attached hydrogen (secondary N) is 2. The third-order valence-electron chi connectivity index (χ3n) is 6.94. The van der Waals surface area contributed by atoms with Gasteiger partial charge < -0.3 is 20.6 Å². The standard InChI is InChI=1S/C27H30N8O3/c1-17(27(2,3)38)13-32-26(37)21-15-30-23(35-9-5-19-10-18(12-29)14-31-25(19)35)11-22(21)33-20-6-8-34(16-20)24(36)4-7-28/h5,9-11,14-15,17,20,38H,4,6,8,13,16H2,1-3H3,(H,30,33)(H,32,37)/t17-,20-/m1/s1. The zero-order chi connectivity index (χ0) is 27.4. The molecule has 0 aromatic carbocycles. The topological polar surface area (TPSA) is 160 Å². The summed E-state index contributed by atoms with van der Waals surface area (Å²) in [6.45, 7) is 6.46. The smallest absolute Gasteiger partial charge is 0.254 e. The van der Waals surface area contributed by atoms with Crippen molar-refractivity contribution in [3.8, 4) is 18.0 Å². The number of carbonyl (C=O) groups excluding carboxylic acids is 2. The molecule has 2 amide bonds. The number of nitrogens with zero attached hydrogens (tertiary/aromatic N) is 6. The average Bonchev–Trinajstić information content (AvgIpc) is 3.53. The van der Waals surface area contributed by atoms with Gasteiger partial charge in [0.25, 0.3) is 5.91 Å². The molecule has 0 bridgehead atoms. The molecule has 3 aromatic rings. The molecule has 1 aliphatic rings. The minimum absolute atomic E-state index is 0.118. The summed E-state index contributed by atoms with van der Waals surface area (Å²) in [4.78, 5) is 35.9. The van der Waals surface area contributed by atoms with Crippen LogP contribution in [-0.2, 0) is 4.79 Å². The van der Waals surface area contributed by atoms with E-state index in [0.29, 0.717) is 47.8 Å². The van der Waals surface area contributed by atoms with E-state index in [1.807, 2.05) is 19.1 Å². The van der Waals surface area contributed by atoms with Gasteiger partial charge in [-0.1, -0.05) is 6.92 Å². The lowest BCUT2D eigenvalue weighted by Gasteiger charge is -2.26. The number of likely N-dealkylation sites (tertiary alicyclic amines) is 1. The van der Waals surface area contributed by atoms with Crippen LogP contribution in [0.5, 0.6) is 0 Å². The van der Waals surface area contributed by atoms with Gasteiger partial charge in [-0.05, 0) is 32.4 Å². The van der Waals surface area contributed by atoms with Crippen LogP contribution < -0.4 is 10.6 Å². The molecule has 4 heterocycles. The van der Waals surface area contributed by atoms with E-state index in [2.05, 4.69) is 26.7 Å². The Morgan fingerprint density at radius 2 is 2.05 bits per heavy atom. The second-order valence-electron chi connectivity index (χ2n) is 10.1. The first-order valence-electron chi connectivity index (χ1n) is 12.4. The van der Waals surface area contributed by atoms with E-state index in [4.69, 9.17) is 5.26 Å². The zero-order valence-corrected chi connectivity index (χ0v) is 21.6. The summed E-state index contributed by atoms with van der Waals surface area (Å²) < 4.78 is 1.77. The minimum Gasteiger partial charge on any atom is -0.390 e. The van der Waals surface area contributed by atoms with Crippen LogP contribution in [0.3, 0.4) is 0 Å². The van der Waals surface area contributed by atoms with Gasteiger partial charge in [-0.3, -0.25) is 14.2 Å². The molecule has 1 fully saturated rings. The Balaban J connectivity index is 1.64. The van der Waals surface area contributed by atoms with Gasteiger partial charge >= 0.3 is 0 Å². The highest BCUT2D eigenvalue weighted by atomic mass is 16.3. The molecule has 0 aliphatic carbocycles. The Morgan fingerprint density at radius 1 is 1.26 bits per heavy atom. The van der Waals surface area contributed by atoms with E-state index in [1.54, 1.807) is 41.6 Å². The number of aliphatic hydroxyl groups is 1. The fourth-order valence-electron chi connectivity index (χ4n) is 4.24. The van der Waals surface area contributed by atoms with Gasteiger partial charge in [0.15, 0.2) is 0 Å². The van der Waals surface area contributed by atoms with E-state index in [1.165, 1.54) is 12.4 Å². The average molecular weight is 515 g/mol. The minimum atomic E-state index is -0.951. The van der Waals surface area contributed by atoms with Crippen LogP contribution in [0.1, 0.15) is 49.5 Å². The van der Waals surface area contributed by atoms with Crippen molar-refractivity contribution >= 4 is 28.5 Å². The van der Waals surface area contributed by atoms with Crippen molar-refractivity contribution in [1.29, 1.82) is 10.5 Å². The fourth-order valence-corrected chi connectivity index (χ4v) is 4.24. The van der Waals surface area contributed by atoms with E-state index >= 15 is 0 Å². The van der Waals surface area contributed by atoms with E-state index in [-0.39, 0.29) is 36.7 Å². The molecule has 11 nitrogen and oxygen atoms in total. The van der Waals surface area contributed by atoms with Crippen molar-refractivity contribution in [2.45, 2.75) is 45.3 Å². The van der Waals surface area contributed by atoms with Gasteiger partial charge in [0.2, 0.25) is 5.91 Å². The first kappa shape index (κ1) is 26.6. The second-order valence-corrected chi connectivity index (χ2v) is 10.1. The summed E-state index contributed by atoms with van der Waals surface area (Å²) in [7, 11) is 0. The number of nitriles is 2. The Morgan fingerprint density at radius 3 is 2.76 bits per heavy atom. The Kier molecular flexibility index (Phi) is 7.60. The molecule has 3 aromatic heterocycles. The van der Waals surface area contributed by atoms with Gasteiger partial charge in [0.05, 0.1) is 28.5 Å². The monoisotopic (exact) mass is 514 g/mol. The van der Waals surface area contributed by atoms with Gasteiger partial charge in [0.1, 0.15) is 24.0 Å². The number of carbonyl (C=O) groups is 2. The summed E-state index contributed by atoms with van der Waals surface area (Å²) in [5.74, 6) is -0.212. The number of anilines is 1. The largest absolute Gasteiger partial charge is 0.390 e. The maximum Gasteiger partial charge on any atom is 0.254 e. The summed E-state index contributed by atoms with van der Waals surface area (Å²) in [6, 6.07) is 9.20. The Bertz CT molecular complexity index is 1440. The molecule has 1 aliphatic heterocycles. The van der Waals surface area contributed by atoms with Crippen LogP contribution in [0, 0.1) is 28.6 Å². The van der Waals surface area contributed by atoms with E-state index in [0.717, 1.165) is 5.39 Å². The molecule has 2 atom stereocenters. The summed E-state index contributed by atoms with van der Waals surface area (Å²) in [5, 5.41) is 35.3. The number of amides is 2. The van der Waals surface area contributed by atoms with Gasteiger partial charge in [-0.2, -0.15) is 10.5 Å². The SMILES string of the molecule is C[C@H](CNC(=O)c1cnc(-n2ccc3cc(C#N)cnc32)cc1N[C@@H]1CCN(C(=O)CC#N)C1)C(C)(C)O. The molecular weight excluding hydrogens is 484 g/mol. The van der Waals surface area contributed by atoms with Crippen molar-refractivity contribution in [2.75, 3.05) is 25.0 Å². The van der Waals surface area contributed by atoms with Crippen LogP contribution >= 0.6 is 0 Å². The van der Waals surface area contributed by atoms with Gasteiger partial charge in [-0.25, -0.2) is 9.97 Å². The van der Waals surface area contributed by atoms with Gasteiger partial charge in [0, 0.05) is 61.6 Å². The quantitative estimate of drug-likeness (QED) is 0.413. The van der Waals surface area contributed by atoms with Crippen LogP contribution in [0.2, 0.25) is 0 Å². The van der Waals surface area contributed by atoms with Crippen molar-refractivity contribution in [1.82, 2.24) is 24.8 Å². The lowest BCUT2D eigenvalue weighted by molar-refractivity contribution is -0.129. The summed E-state index contributed by atoms with van der Waals surface area (Å²) >= 11 is 0. The number of hydrogen-bond acceptors (Lipinski definition) is 8. The molecule has 196 valence electrons. The molecule has 0 spiro atoms. The van der Waals surface area contributed by atoms with Crippen molar-refractivity contribution in [3.05, 3.63) is 47.9 Å². The number of aromatic nitrogens is 3. The number of pyridine rings is 2. The van der Waals surface area contributed by atoms with Crippen molar-refractivity contribution < 1.29 is 14.7 Å². The number of fused-ring (bicyclic) bond motifs is 1. The van der Waals surface area contributed by atoms with E-state index < -0.39 is 5.60 Å². The molecule has 3 N–H and O–H groups in total. The fraction of sp³-hybridized carbons (Fsp3) is 0.407. The second kappa shape index (κ2) is 10.9. The zero-order valence-electron chi connectivity index (χ0n) is 21.6. The highest BCUT2D eigenvalue weighted by Gasteiger charge is 2.28. The van der Waals surface area contributed by atoms with Crippen LogP contribution in [0.4, 0.5) is 5.69 Å². The predicted octanol–water partition coefficient (Wildman–Crippen LogP) is 2.36. The summed E-state index contributed by atoms with van der Waals surface area (Å²) in [5.41, 5.74) is 0.990. The maximum atomic E-state index is 13.2. The van der Waals surface area contributed by atoms with Crippen LogP contribution in [0.25, 0.3) is 16.9 Å². The van der Waals surface area contributed by atoms with Crippen LogP contribution in [-0.4, -0.2) is 67.6 Å². The number of hydrogen-bond donors (Lipinski definition) is 3. The molecule has 0 unspecified atom stereocenters. The predicted molar refractivity (Wildman–Crippen MR) is 140 cm³/mol. The van der Waals surface area contributed by atoms with Crippen molar-refractivity contribution in [3.63, 3.8) is 0 Å². The molecule has 1 saturated heterocycles. The van der Waals surface area contributed by atoms with E-state index in [9.17, 15) is 20.0 Å². The molecule has 4 rings (SSSR count).